The molecule has 1 aliphatic heterocycles. The van der Waals surface area contributed by atoms with Crippen LogP contribution in [-0.2, 0) is 19.6 Å². The van der Waals surface area contributed by atoms with Crippen molar-refractivity contribution in [2.45, 2.75) is 30.6 Å². The number of hydrogen-bond donors (Lipinski definition) is 1. The number of nitrogens with zero attached hydrogens (tertiary/aromatic N) is 1. The van der Waals surface area contributed by atoms with Crippen LogP contribution in [0.25, 0.3) is 0 Å². The van der Waals surface area contributed by atoms with Crippen molar-refractivity contribution in [2.75, 3.05) is 25.0 Å². The van der Waals surface area contributed by atoms with Gasteiger partial charge in [-0.1, -0.05) is 42.6 Å². The lowest BCUT2D eigenvalue weighted by Crippen LogP contribution is -2.32. The van der Waals surface area contributed by atoms with Crippen LogP contribution < -0.4 is 10.1 Å². The summed E-state index contributed by atoms with van der Waals surface area (Å²) < 4.78 is 38.5. The molecular weight excluding hydrogens is 516 g/mol. The minimum atomic E-state index is -3.86. The van der Waals surface area contributed by atoms with E-state index in [0.29, 0.717) is 30.3 Å². The molecule has 1 fully saturated rings. The number of amides is 1. The third-order valence-corrected chi connectivity index (χ3v) is 8.18. The molecule has 194 valence electrons. The lowest BCUT2D eigenvalue weighted by molar-refractivity contribution is -0.119. The van der Waals surface area contributed by atoms with Crippen molar-refractivity contribution in [3.8, 4) is 11.5 Å². The topological polar surface area (TPSA) is 102 Å². The van der Waals surface area contributed by atoms with Gasteiger partial charge in [0.2, 0.25) is 10.0 Å². The summed E-state index contributed by atoms with van der Waals surface area (Å²) in [6.45, 7) is 0.275. The Bertz CT molecular complexity index is 1340. The molecule has 1 aliphatic rings. The number of sulfonamides is 1. The number of benzene rings is 3. The van der Waals surface area contributed by atoms with Crippen molar-refractivity contribution < 1.29 is 27.5 Å². The Balaban J connectivity index is 1.34. The predicted molar refractivity (Wildman–Crippen MR) is 141 cm³/mol. The summed E-state index contributed by atoms with van der Waals surface area (Å²) in [4.78, 5) is 24.7. The van der Waals surface area contributed by atoms with Gasteiger partial charge in [-0.2, -0.15) is 4.31 Å². The SMILES string of the molecule is O=C(COC(=O)c1ccc(Cl)c(S(=O)(=O)N2CCCCCC2)c1)Nc1ccc(Oc2ccccc2)cc1. The zero-order valence-electron chi connectivity index (χ0n) is 20.1. The van der Waals surface area contributed by atoms with E-state index in [-0.39, 0.29) is 15.5 Å². The zero-order valence-corrected chi connectivity index (χ0v) is 21.6. The molecule has 0 aromatic heterocycles. The Hall–Kier alpha value is -3.40. The first-order chi connectivity index (χ1) is 17.8. The highest BCUT2D eigenvalue weighted by Crippen LogP contribution is 2.28. The van der Waals surface area contributed by atoms with Gasteiger partial charge in [0, 0.05) is 18.8 Å². The largest absolute Gasteiger partial charge is 0.457 e. The Morgan fingerprint density at radius 3 is 2.19 bits per heavy atom. The Labute approximate surface area is 221 Å². The summed E-state index contributed by atoms with van der Waals surface area (Å²) in [5.74, 6) is -0.0812. The summed E-state index contributed by atoms with van der Waals surface area (Å²) in [6, 6.07) is 19.9. The van der Waals surface area contributed by atoms with E-state index >= 15 is 0 Å². The highest BCUT2D eigenvalue weighted by molar-refractivity contribution is 7.89. The van der Waals surface area contributed by atoms with E-state index in [9.17, 15) is 18.0 Å². The van der Waals surface area contributed by atoms with Crippen LogP contribution in [0.2, 0.25) is 5.02 Å². The summed E-state index contributed by atoms with van der Waals surface area (Å²) in [5, 5.41) is 2.66. The molecule has 10 heteroatoms. The van der Waals surface area contributed by atoms with E-state index in [4.69, 9.17) is 21.1 Å². The summed E-state index contributed by atoms with van der Waals surface area (Å²) in [5.41, 5.74) is 0.492. The smallest absolute Gasteiger partial charge is 0.338 e. The van der Waals surface area contributed by atoms with Gasteiger partial charge < -0.3 is 14.8 Å². The van der Waals surface area contributed by atoms with Crippen LogP contribution in [0, 0.1) is 0 Å². The first-order valence-electron chi connectivity index (χ1n) is 11.9. The average Bonchev–Trinajstić information content (AvgIpc) is 3.20. The third kappa shape index (κ3) is 7.09. The number of rotatable bonds is 8. The van der Waals surface area contributed by atoms with Crippen LogP contribution in [0.5, 0.6) is 11.5 Å². The van der Waals surface area contributed by atoms with Crippen LogP contribution >= 0.6 is 11.6 Å². The van der Waals surface area contributed by atoms with Crippen LogP contribution in [0.4, 0.5) is 5.69 Å². The second-order valence-electron chi connectivity index (χ2n) is 8.53. The molecule has 0 aliphatic carbocycles. The summed E-state index contributed by atoms with van der Waals surface area (Å²) >= 11 is 6.19. The molecule has 1 amide bonds. The molecule has 0 unspecified atom stereocenters. The van der Waals surface area contributed by atoms with Gasteiger partial charge in [0.05, 0.1) is 10.6 Å². The minimum Gasteiger partial charge on any atom is -0.457 e. The van der Waals surface area contributed by atoms with Crippen LogP contribution in [0.3, 0.4) is 0 Å². The first kappa shape index (κ1) is 26.7. The van der Waals surface area contributed by atoms with Crippen molar-refractivity contribution in [1.29, 1.82) is 0 Å². The fraction of sp³-hybridized carbons (Fsp3) is 0.259. The lowest BCUT2D eigenvalue weighted by Gasteiger charge is -2.21. The number of nitrogens with one attached hydrogen (secondary N) is 1. The molecule has 0 saturated carbocycles. The quantitative estimate of drug-likeness (QED) is 0.377. The Morgan fingerprint density at radius 1 is 0.865 bits per heavy atom. The average molecular weight is 543 g/mol. The lowest BCUT2D eigenvalue weighted by atomic mass is 10.2. The Morgan fingerprint density at radius 2 is 1.51 bits per heavy atom. The standard InChI is InChI=1S/C27H27ClN2O6S/c28-24-15-10-20(18-25(24)37(33,34)30-16-6-1-2-7-17-30)27(32)35-19-26(31)29-21-11-13-23(14-12-21)36-22-8-4-3-5-9-22/h3-5,8-15,18H,1-2,6-7,16-17,19H2,(H,29,31). The number of ether oxygens (including phenoxy) is 2. The number of carbonyl (C=O) groups excluding carboxylic acids is 2. The summed E-state index contributed by atoms with van der Waals surface area (Å²) in [6.07, 6.45) is 3.49. The van der Waals surface area contributed by atoms with E-state index in [0.717, 1.165) is 25.7 Å². The van der Waals surface area contributed by atoms with Crippen molar-refractivity contribution >= 4 is 39.2 Å². The monoisotopic (exact) mass is 542 g/mol. The van der Waals surface area contributed by atoms with Crippen molar-refractivity contribution in [3.05, 3.63) is 83.4 Å². The maximum atomic E-state index is 13.1. The number of esters is 1. The van der Waals surface area contributed by atoms with Gasteiger partial charge in [-0.15, -0.1) is 0 Å². The molecule has 1 heterocycles. The van der Waals surface area contributed by atoms with Crippen LogP contribution in [-0.4, -0.2) is 44.3 Å². The van der Waals surface area contributed by atoms with E-state index in [2.05, 4.69) is 5.32 Å². The van der Waals surface area contributed by atoms with E-state index in [1.54, 1.807) is 24.3 Å². The number of halogens is 1. The highest BCUT2D eigenvalue weighted by atomic mass is 35.5. The normalized spacial score (nSPS) is 14.4. The van der Waals surface area contributed by atoms with Crippen molar-refractivity contribution in [1.82, 2.24) is 4.31 Å². The summed E-state index contributed by atoms with van der Waals surface area (Å²) in [7, 11) is -3.86. The van der Waals surface area contributed by atoms with Gasteiger partial charge in [-0.3, -0.25) is 4.79 Å². The van der Waals surface area contributed by atoms with Gasteiger partial charge in [0.15, 0.2) is 6.61 Å². The van der Waals surface area contributed by atoms with Gasteiger partial charge in [-0.05, 0) is 67.4 Å². The maximum absolute atomic E-state index is 13.1. The van der Waals surface area contributed by atoms with E-state index < -0.39 is 28.5 Å². The molecule has 37 heavy (non-hydrogen) atoms. The maximum Gasteiger partial charge on any atom is 0.338 e. The van der Waals surface area contributed by atoms with E-state index in [1.165, 1.54) is 22.5 Å². The molecule has 4 rings (SSSR count). The van der Waals surface area contributed by atoms with Crippen molar-refractivity contribution in [3.63, 3.8) is 0 Å². The fourth-order valence-corrected chi connectivity index (χ4v) is 5.91. The number of anilines is 1. The van der Waals surface area contributed by atoms with E-state index in [1.807, 2.05) is 30.3 Å². The zero-order chi connectivity index (χ0) is 26.3. The molecule has 1 saturated heterocycles. The molecule has 0 bridgehead atoms. The number of carbonyl (C=O) groups is 2. The minimum absolute atomic E-state index is 0.00647. The highest BCUT2D eigenvalue weighted by Gasteiger charge is 2.28. The number of para-hydroxylation sites is 1. The second-order valence-corrected chi connectivity index (χ2v) is 10.8. The fourth-order valence-electron chi connectivity index (χ4n) is 3.89. The van der Waals surface area contributed by atoms with Gasteiger partial charge >= 0.3 is 5.97 Å². The number of hydrogen-bond acceptors (Lipinski definition) is 6. The molecule has 8 nitrogen and oxygen atoms in total. The molecule has 0 radical (unpaired) electrons. The van der Waals surface area contributed by atoms with Crippen LogP contribution in [0.1, 0.15) is 36.0 Å². The van der Waals surface area contributed by atoms with Crippen LogP contribution in [0.15, 0.2) is 77.7 Å². The van der Waals surface area contributed by atoms with Gasteiger partial charge in [0.1, 0.15) is 16.4 Å². The second kappa shape index (κ2) is 12.2. The van der Waals surface area contributed by atoms with Gasteiger partial charge in [-0.25, -0.2) is 13.2 Å². The molecule has 0 spiro atoms. The Kier molecular flexibility index (Phi) is 8.81. The molecule has 0 atom stereocenters. The molecule has 3 aromatic rings. The first-order valence-corrected chi connectivity index (χ1v) is 13.7. The molecule has 3 aromatic carbocycles. The van der Waals surface area contributed by atoms with Crippen molar-refractivity contribution in [2.24, 2.45) is 0 Å². The molecular formula is C27H27ClN2O6S. The third-order valence-electron chi connectivity index (χ3n) is 5.80. The predicted octanol–water partition coefficient (Wildman–Crippen LogP) is 5.49. The molecule has 1 N–H and O–H groups in total. The van der Waals surface area contributed by atoms with Gasteiger partial charge in [0.25, 0.3) is 5.91 Å².